The number of amides is 1. The molecular weight excluding hydrogens is 402 g/mol. The Balaban J connectivity index is 1.70. The number of nitrogens with zero attached hydrogens (tertiary/aromatic N) is 3. The van der Waals surface area contributed by atoms with Gasteiger partial charge in [-0.15, -0.1) is 0 Å². The van der Waals surface area contributed by atoms with Crippen LogP contribution in [0.5, 0.6) is 5.75 Å². The van der Waals surface area contributed by atoms with E-state index in [-0.39, 0.29) is 11.6 Å². The molecule has 3 rings (SSSR count). The Kier molecular flexibility index (Phi) is 7.02. The summed E-state index contributed by atoms with van der Waals surface area (Å²) in [6, 6.07) is 10.3. The number of hydrogen-bond donors (Lipinski definition) is 1. The van der Waals surface area contributed by atoms with Crippen LogP contribution in [0.1, 0.15) is 28.2 Å². The van der Waals surface area contributed by atoms with E-state index in [1.54, 1.807) is 38.1 Å². The van der Waals surface area contributed by atoms with Crippen molar-refractivity contribution < 1.29 is 18.3 Å². The summed E-state index contributed by atoms with van der Waals surface area (Å²) in [5.41, 5.74) is 1.93. The fraction of sp³-hybridized carbons (Fsp3) is 0.304. The van der Waals surface area contributed by atoms with Gasteiger partial charge in [0.15, 0.2) is 5.82 Å². The minimum atomic E-state index is -0.751. The van der Waals surface area contributed by atoms with Crippen LogP contribution in [0.15, 0.2) is 42.5 Å². The van der Waals surface area contributed by atoms with Crippen LogP contribution >= 0.6 is 0 Å². The molecule has 164 valence electrons. The predicted octanol–water partition coefficient (Wildman–Crippen LogP) is 4.35. The zero-order valence-electron chi connectivity index (χ0n) is 18.1. The van der Waals surface area contributed by atoms with E-state index >= 15 is 0 Å². The van der Waals surface area contributed by atoms with Crippen molar-refractivity contribution in [3.63, 3.8) is 0 Å². The first kappa shape index (κ1) is 22.4. The molecule has 1 aromatic heterocycles. The summed E-state index contributed by atoms with van der Waals surface area (Å²) in [4.78, 5) is 14.9. The summed E-state index contributed by atoms with van der Waals surface area (Å²) in [5, 5.41) is 7.10. The Bertz CT molecular complexity index is 1060. The Hall–Kier alpha value is -3.26. The van der Waals surface area contributed by atoms with Crippen molar-refractivity contribution in [2.24, 2.45) is 0 Å². The average Bonchev–Trinajstić information content (AvgIpc) is 3.00. The first-order valence-corrected chi connectivity index (χ1v) is 9.97. The lowest BCUT2D eigenvalue weighted by Crippen LogP contribution is -2.15. The second-order valence-electron chi connectivity index (χ2n) is 7.54. The van der Waals surface area contributed by atoms with Crippen LogP contribution < -0.4 is 10.1 Å². The molecule has 31 heavy (non-hydrogen) atoms. The number of rotatable bonds is 8. The number of carbonyl (C=O) groups is 1. The minimum absolute atomic E-state index is 0.0804. The lowest BCUT2D eigenvalue weighted by Gasteiger charge is -2.11. The number of aryl methyl sites for hydroxylation is 1. The van der Waals surface area contributed by atoms with Gasteiger partial charge < -0.3 is 15.0 Å². The third-order valence-electron chi connectivity index (χ3n) is 4.79. The summed E-state index contributed by atoms with van der Waals surface area (Å²) in [5.74, 6) is -1.06. The van der Waals surface area contributed by atoms with E-state index in [4.69, 9.17) is 4.74 Å². The SMILES string of the molecule is Cc1nn(-c2ccc(F)cc2F)c(C)c1C(=O)Nc1ccc(OCCCN(C)C)cc1. The van der Waals surface area contributed by atoms with E-state index in [1.165, 1.54) is 10.7 Å². The van der Waals surface area contributed by atoms with E-state index in [1.807, 2.05) is 14.1 Å². The number of halogens is 2. The molecule has 2 aromatic carbocycles. The van der Waals surface area contributed by atoms with E-state index < -0.39 is 11.6 Å². The lowest BCUT2D eigenvalue weighted by molar-refractivity contribution is 0.102. The fourth-order valence-electron chi connectivity index (χ4n) is 3.26. The highest BCUT2D eigenvalue weighted by molar-refractivity contribution is 6.06. The molecule has 0 saturated carbocycles. The maximum absolute atomic E-state index is 14.2. The molecule has 3 aromatic rings. The van der Waals surface area contributed by atoms with E-state index in [0.29, 0.717) is 29.2 Å². The smallest absolute Gasteiger partial charge is 0.259 e. The molecule has 1 amide bonds. The Morgan fingerprint density at radius 3 is 2.48 bits per heavy atom. The van der Waals surface area contributed by atoms with Gasteiger partial charge in [-0.1, -0.05) is 0 Å². The molecule has 0 fully saturated rings. The maximum Gasteiger partial charge on any atom is 0.259 e. The van der Waals surface area contributed by atoms with E-state index in [2.05, 4.69) is 15.3 Å². The normalized spacial score (nSPS) is 11.1. The number of hydrogen-bond acceptors (Lipinski definition) is 4. The third-order valence-corrected chi connectivity index (χ3v) is 4.79. The second kappa shape index (κ2) is 9.70. The third kappa shape index (κ3) is 5.46. The lowest BCUT2D eigenvalue weighted by atomic mass is 10.1. The van der Waals surface area contributed by atoms with Gasteiger partial charge in [-0.05, 0) is 70.8 Å². The minimum Gasteiger partial charge on any atom is -0.494 e. The molecule has 1 heterocycles. The summed E-state index contributed by atoms with van der Waals surface area (Å²) >= 11 is 0. The van der Waals surface area contributed by atoms with Crippen molar-refractivity contribution in [2.75, 3.05) is 32.6 Å². The molecule has 1 N–H and O–H groups in total. The van der Waals surface area contributed by atoms with Crippen molar-refractivity contribution in [1.82, 2.24) is 14.7 Å². The quantitative estimate of drug-likeness (QED) is 0.542. The summed E-state index contributed by atoms with van der Waals surface area (Å²) in [6.07, 6.45) is 0.919. The van der Waals surface area contributed by atoms with Gasteiger partial charge in [-0.2, -0.15) is 5.10 Å². The Labute approximate surface area is 180 Å². The van der Waals surface area contributed by atoms with Gasteiger partial charge in [0.1, 0.15) is 17.3 Å². The topological polar surface area (TPSA) is 59.4 Å². The molecule has 6 nitrogen and oxygen atoms in total. The van der Waals surface area contributed by atoms with E-state index in [9.17, 15) is 13.6 Å². The maximum atomic E-state index is 14.2. The van der Waals surface area contributed by atoms with Gasteiger partial charge in [-0.3, -0.25) is 4.79 Å². The first-order valence-electron chi connectivity index (χ1n) is 9.97. The molecule has 0 bridgehead atoms. The first-order chi connectivity index (χ1) is 14.8. The number of aromatic nitrogens is 2. The fourth-order valence-corrected chi connectivity index (χ4v) is 3.26. The van der Waals surface area contributed by atoms with Gasteiger partial charge in [0, 0.05) is 18.3 Å². The van der Waals surface area contributed by atoms with Crippen LogP contribution in [0.4, 0.5) is 14.5 Å². The monoisotopic (exact) mass is 428 g/mol. The van der Waals surface area contributed by atoms with Crippen molar-refractivity contribution in [2.45, 2.75) is 20.3 Å². The molecule has 0 aliphatic carbocycles. The van der Waals surface area contributed by atoms with Crippen LogP contribution in [-0.4, -0.2) is 47.8 Å². The average molecular weight is 428 g/mol. The number of benzene rings is 2. The van der Waals surface area contributed by atoms with Crippen LogP contribution in [0.2, 0.25) is 0 Å². The zero-order chi connectivity index (χ0) is 22.5. The molecule has 0 atom stereocenters. The Morgan fingerprint density at radius 1 is 1.13 bits per heavy atom. The second-order valence-corrected chi connectivity index (χ2v) is 7.54. The van der Waals surface area contributed by atoms with Crippen molar-refractivity contribution in [3.05, 3.63) is 71.1 Å². The van der Waals surface area contributed by atoms with Gasteiger partial charge in [0.2, 0.25) is 0 Å². The highest BCUT2D eigenvalue weighted by atomic mass is 19.1. The molecule has 0 saturated heterocycles. The van der Waals surface area contributed by atoms with Crippen LogP contribution in [0.25, 0.3) is 5.69 Å². The molecule has 0 radical (unpaired) electrons. The Morgan fingerprint density at radius 2 is 1.84 bits per heavy atom. The molecule has 0 unspecified atom stereocenters. The van der Waals surface area contributed by atoms with Crippen molar-refractivity contribution in [1.29, 1.82) is 0 Å². The highest BCUT2D eigenvalue weighted by Crippen LogP contribution is 2.23. The number of carbonyl (C=O) groups excluding carboxylic acids is 1. The molecule has 0 aliphatic rings. The van der Waals surface area contributed by atoms with Crippen LogP contribution in [0, 0.1) is 25.5 Å². The summed E-state index contributed by atoms with van der Waals surface area (Å²) < 4.78 is 34.4. The van der Waals surface area contributed by atoms with Gasteiger partial charge in [0.05, 0.1) is 23.6 Å². The largest absolute Gasteiger partial charge is 0.494 e. The van der Waals surface area contributed by atoms with Gasteiger partial charge >= 0.3 is 0 Å². The van der Waals surface area contributed by atoms with Crippen molar-refractivity contribution in [3.8, 4) is 11.4 Å². The highest BCUT2D eigenvalue weighted by Gasteiger charge is 2.21. The standard InChI is InChI=1S/C23H26F2N4O2/c1-15-22(16(2)29(27-15)21-11-6-17(24)14-20(21)25)23(30)26-18-7-9-19(10-8-18)31-13-5-12-28(3)4/h6-11,14H,5,12-13H2,1-4H3,(H,26,30). The molecule has 0 aliphatic heterocycles. The van der Waals surface area contributed by atoms with Gasteiger partial charge in [0.25, 0.3) is 5.91 Å². The predicted molar refractivity (Wildman–Crippen MR) is 116 cm³/mol. The summed E-state index contributed by atoms with van der Waals surface area (Å²) in [7, 11) is 4.03. The van der Waals surface area contributed by atoms with Crippen LogP contribution in [-0.2, 0) is 0 Å². The van der Waals surface area contributed by atoms with Crippen LogP contribution in [0.3, 0.4) is 0 Å². The summed E-state index contributed by atoms with van der Waals surface area (Å²) in [6.45, 7) is 4.90. The number of anilines is 1. The number of nitrogens with one attached hydrogen (secondary N) is 1. The molecule has 8 heteroatoms. The molecular formula is C23H26F2N4O2. The van der Waals surface area contributed by atoms with Crippen molar-refractivity contribution >= 4 is 11.6 Å². The zero-order valence-corrected chi connectivity index (χ0v) is 18.1. The number of ether oxygens (including phenoxy) is 1. The molecule has 0 spiro atoms. The van der Waals surface area contributed by atoms with Gasteiger partial charge in [-0.25, -0.2) is 13.5 Å². The van der Waals surface area contributed by atoms with E-state index in [0.717, 1.165) is 30.8 Å².